The van der Waals surface area contributed by atoms with Gasteiger partial charge < -0.3 is 0 Å². The van der Waals surface area contributed by atoms with Gasteiger partial charge in [0.05, 0.1) is 10.6 Å². The van der Waals surface area contributed by atoms with E-state index in [2.05, 4.69) is 31.3 Å². The van der Waals surface area contributed by atoms with Gasteiger partial charge in [-0.3, -0.25) is 9.10 Å². The molecule has 0 atom stereocenters. The van der Waals surface area contributed by atoms with E-state index < -0.39 is 15.9 Å². The van der Waals surface area contributed by atoms with E-state index in [1.54, 1.807) is 12.1 Å². The fourth-order valence-electron chi connectivity index (χ4n) is 4.17. The summed E-state index contributed by atoms with van der Waals surface area (Å²) < 4.78 is 28.1. The molecule has 184 valence electrons. The number of carbonyl (C=O) groups is 1. The smallest absolute Gasteiger partial charge is 0.264 e. The molecule has 2 aromatic rings. The van der Waals surface area contributed by atoms with E-state index in [-0.39, 0.29) is 16.9 Å². The minimum Gasteiger partial charge on any atom is -0.271 e. The van der Waals surface area contributed by atoms with Crippen LogP contribution in [0.5, 0.6) is 0 Å². The summed E-state index contributed by atoms with van der Waals surface area (Å²) in [6.07, 6.45) is 3.76. The molecular weight excluding hydrogens is 470 g/mol. The second-order valence-corrected chi connectivity index (χ2v) is 12.4. The Labute approximate surface area is 208 Å². The maximum atomic E-state index is 13.5. The number of amides is 1. The molecular formula is C26H34ClN3O3S. The number of nitrogens with zero attached hydrogens (tertiary/aromatic N) is 2. The van der Waals surface area contributed by atoms with Crippen molar-refractivity contribution in [2.75, 3.05) is 10.8 Å². The van der Waals surface area contributed by atoms with Crippen molar-refractivity contribution in [3.8, 4) is 0 Å². The third kappa shape index (κ3) is 6.39. The zero-order chi connectivity index (χ0) is 25.1. The van der Waals surface area contributed by atoms with Crippen LogP contribution in [-0.4, -0.2) is 26.6 Å². The van der Waals surface area contributed by atoms with Crippen LogP contribution in [0.2, 0.25) is 5.02 Å². The molecule has 0 heterocycles. The maximum absolute atomic E-state index is 13.5. The van der Waals surface area contributed by atoms with Gasteiger partial charge in [-0.1, -0.05) is 38.4 Å². The number of nitrogens with one attached hydrogen (secondary N) is 1. The highest BCUT2D eigenvalue weighted by Crippen LogP contribution is 2.36. The number of hydrogen-bond donors (Lipinski definition) is 1. The van der Waals surface area contributed by atoms with E-state index in [1.165, 1.54) is 24.3 Å². The Kier molecular flexibility index (Phi) is 8.09. The number of hydrogen-bond acceptors (Lipinski definition) is 4. The first kappa shape index (κ1) is 26.2. The number of benzene rings is 2. The molecule has 3 rings (SSSR count). The molecule has 1 saturated carbocycles. The largest absolute Gasteiger partial charge is 0.271 e. The molecule has 0 aliphatic heterocycles. The molecule has 0 radical (unpaired) electrons. The predicted octanol–water partition coefficient (Wildman–Crippen LogP) is 5.86. The first-order chi connectivity index (χ1) is 15.9. The summed E-state index contributed by atoms with van der Waals surface area (Å²) in [6.45, 7) is 10.2. The van der Waals surface area contributed by atoms with Crippen molar-refractivity contribution in [1.29, 1.82) is 0 Å². The standard InChI is InChI=1S/C26H34ClN3O3S/c1-18-6-13-23(16-19(18)2)30(34(32,33)24-14-9-21(27)10-15-24)17-25(31)29-28-22-11-7-20(8-12-22)26(3,4)5/h6,9-10,13-16,20H,7-8,11-12,17H2,1-5H3,(H,29,31). The lowest BCUT2D eigenvalue weighted by molar-refractivity contribution is -0.119. The molecule has 1 aliphatic rings. The number of rotatable bonds is 6. The van der Waals surface area contributed by atoms with Crippen LogP contribution in [-0.2, 0) is 14.8 Å². The predicted molar refractivity (Wildman–Crippen MR) is 139 cm³/mol. The lowest BCUT2D eigenvalue weighted by atomic mass is 9.72. The van der Waals surface area contributed by atoms with Crippen LogP contribution >= 0.6 is 11.6 Å². The summed E-state index contributed by atoms with van der Waals surface area (Å²) in [5.74, 6) is 0.146. The van der Waals surface area contributed by atoms with Crippen molar-refractivity contribution in [2.24, 2.45) is 16.4 Å². The molecule has 0 bridgehead atoms. The van der Waals surface area contributed by atoms with Crippen LogP contribution in [0.15, 0.2) is 52.5 Å². The second-order valence-electron chi connectivity index (χ2n) is 10.1. The van der Waals surface area contributed by atoms with Crippen molar-refractivity contribution in [2.45, 2.75) is 65.2 Å². The van der Waals surface area contributed by atoms with Crippen LogP contribution in [0.3, 0.4) is 0 Å². The lowest BCUT2D eigenvalue weighted by Crippen LogP contribution is -2.40. The summed E-state index contributed by atoms with van der Waals surface area (Å²) >= 11 is 5.94. The number of sulfonamides is 1. The van der Waals surface area contributed by atoms with E-state index >= 15 is 0 Å². The molecule has 6 nitrogen and oxygen atoms in total. The Balaban J connectivity index is 1.80. The van der Waals surface area contributed by atoms with Crippen LogP contribution < -0.4 is 9.73 Å². The molecule has 0 saturated heterocycles. The van der Waals surface area contributed by atoms with Gasteiger partial charge in [-0.25, -0.2) is 13.8 Å². The Morgan fingerprint density at radius 1 is 1.06 bits per heavy atom. The summed E-state index contributed by atoms with van der Waals surface area (Å²) in [7, 11) is -4.00. The van der Waals surface area contributed by atoms with Crippen LogP contribution in [0.25, 0.3) is 0 Å². The molecule has 0 aromatic heterocycles. The molecule has 1 N–H and O–H groups in total. The molecule has 0 unspecified atom stereocenters. The summed E-state index contributed by atoms with van der Waals surface area (Å²) in [6, 6.07) is 11.3. The first-order valence-electron chi connectivity index (χ1n) is 11.6. The molecule has 1 fully saturated rings. The molecule has 8 heteroatoms. The van der Waals surface area contributed by atoms with Crippen molar-refractivity contribution in [3.05, 3.63) is 58.6 Å². The van der Waals surface area contributed by atoms with Gasteiger partial charge in [0.2, 0.25) is 0 Å². The van der Waals surface area contributed by atoms with Crippen molar-refractivity contribution >= 4 is 38.9 Å². The maximum Gasteiger partial charge on any atom is 0.264 e. The summed E-state index contributed by atoms with van der Waals surface area (Å²) in [4.78, 5) is 12.9. The summed E-state index contributed by atoms with van der Waals surface area (Å²) in [5.41, 5.74) is 6.19. The normalized spacial score (nSPS) is 16.8. The van der Waals surface area contributed by atoms with Crippen LogP contribution in [0.4, 0.5) is 5.69 Å². The molecule has 1 amide bonds. The van der Waals surface area contributed by atoms with Gasteiger partial charge >= 0.3 is 0 Å². The zero-order valence-electron chi connectivity index (χ0n) is 20.6. The number of hydrazone groups is 1. The third-order valence-electron chi connectivity index (χ3n) is 6.59. The fourth-order valence-corrected chi connectivity index (χ4v) is 5.70. The van der Waals surface area contributed by atoms with Gasteiger partial charge in [-0.2, -0.15) is 5.10 Å². The van der Waals surface area contributed by atoms with E-state index in [0.29, 0.717) is 16.6 Å². The monoisotopic (exact) mass is 503 g/mol. The van der Waals surface area contributed by atoms with Gasteiger partial charge in [0.1, 0.15) is 6.54 Å². The number of halogens is 1. The molecule has 34 heavy (non-hydrogen) atoms. The Morgan fingerprint density at radius 2 is 1.68 bits per heavy atom. The van der Waals surface area contributed by atoms with Crippen molar-refractivity contribution < 1.29 is 13.2 Å². The fraction of sp³-hybridized carbons (Fsp3) is 0.462. The van der Waals surface area contributed by atoms with E-state index in [1.807, 2.05) is 19.9 Å². The Bertz CT molecular complexity index is 1160. The van der Waals surface area contributed by atoms with Gasteiger partial charge in [0.25, 0.3) is 15.9 Å². The summed E-state index contributed by atoms with van der Waals surface area (Å²) in [5, 5.41) is 4.76. The highest BCUT2D eigenvalue weighted by molar-refractivity contribution is 7.92. The first-order valence-corrected chi connectivity index (χ1v) is 13.4. The Hall–Kier alpha value is -2.38. The van der Waals surface area contributed by atoms with Crippen molar-refractivity contribution in [3.63, 3.8) is 0 Å². The minimum absolute atomic E-state index is 0.0646. The highest BCUT2D eigenvalue weighted by atomic mass is 35.5. The topological polar surface area (TPSA) is 78.8 Å². The molecule has 0 spiro atoms. The lowest BCUT2D eigenvalue weighted by Gasteiger charge is -2.34. The van der Waals surface area contributed by atoms with E-state index in [9.17, 15) is 13.2 Å². The number of anilines is 1. The van der Waals surface area contributed by atoms with Gasteiger partial charge in [-0.15, -0.1) is 0 Å². The van der Waals surface area contributed by atoms with E-state index in [4.69, 9.17) is 11.6 Å². The number of carbonyl (C=O) groups excluding carboxylic acids is 1. The quantitative estimate of drug-likeness (QED) is 0.501. The highest BCUT2D eigenvalue weighted by Gasteiger charge is 2.29. The average molecular weight is 504 g/mol. The second kappa shape index (κ2) is 10.5. The van der Waals surface area contributed by atoms with Crippen molar-refractivity contribution in [1.82, 2.24) is 5.43 Å². The minimum atomic E-state index is -4.00. The molecule has 1 aliphatic carbocycles. The Morgan fingerprint density at radius 3 is 2.24 bits per heavy atom. The third-order valence-corrected chi connectivity index (χ3v) is 8.63. The van der Waals surface area contributed by atoms with Crippen LogP contribution in [0.1, 0.15) is 57.6 Å². The molecule has 2 aromatic carbocycles. The van der Waals surface area contributed by atoms with Gasteiger partial charge in [0, 0.05) is 10.7 Å². The van der Waals surface area contributed by atoms with Crippen LogP contribution in [0, 0.1) is 25.2 Å². The van der Waals surface area contributed by atoms with Gasteiger partial charge in [0.15, 0.2) is 0 Å². The van der Waals surface area contributed by atoms with E-state index in [0.717, 1.165) is 46.8 Å². The SMILES string of the molecule is Cc1ccc(N(CC(=O)NN=C2CCC(C(C)(C)C)CC2)S(=O)(=O)c2ccc(Cl)cc2)cc1C. The zero-order valence-corrected chi connectivity index (χ0v) is 22.1. The average Bonchev–Trinajstić information content (AvgIpc) is 2.78. The number of aryl methyl sites for hydroxylation is 2. The van der Waals surface area contributed by atoms with Gasteiger partial charge in [-0.05, 0) is 98.4 Å².